The van der Waals surface area contributed by atoms with E-state index in [9.17, 15) is 8.42 Å². The number of primary sulfonamides is 1. The van der Waals surface area contributed by atoms with Crippen molar-refractivity contribution >= 4 is 21.6 Å². The van der Waals surface area contributed by atoms with Crippen LogP contribution in [0.15, 0.2) is 17.2 Å². The molecule has 1 atom stereocenters. The summed E-state index contributed by atoms with van der Waals surface area (Å²) < 4.78 is 33.7. The third-order valence-corrected chi connectivity index (χ3v) is 4.90. The Kier molecular flexibility index (Phi) is 4.56. The zero-order chi connectivity index (χ0) is 15.7. The van der Waals surface area contributed by atoms with Crippen LogP contribution in [0.4, 0.5) is 0 Å². The van der Waals surface area contributed by atoms with Crippen LogP contribution in [0.1, 0.15) is 12.8 Å². The average molecular weight is 348 g/mol. The number of rotatable bonds is 5. The zero-order valence-electron chi connectivity index (χ0n) is 11.9. The van der Waals surface area contributed by atoms with Crippen LogP contribution in [0, 0.1) is 0 Å². The van der Waals surface area contributed by atoms with Crippen LogP contribution in [-0.2, 0) is 14.8 Å². The van der Waals surface area contributed by atoms with E-state index in [2.05, 4.69) is 9.88 Å². The van der Waals surface area contributed by atoms with E-state index < -0.39 is 10.0 Å². The summed E-state index contributed by atoms with van der Waals surface area (Å²) in [5.74, 6) is 0.182. The van der Waals surface area contributed by atoms with Gasteiger partial charge in [-0.3, -0.25) is 4.90 Å². The van der Waals surface area contributed by atoms with Crippen LogP contribution in [0.3, 0.4) is 0 Å². The highest BCUT2D eigenvalue weighted by Gasteiger charge is 2.33. The summed E-state index contributed by atoms with van der Waals surface area (Å²) in [7, 11) is -3.82. The fourth-order valence-electron chi connectivity index (χ4n) is 2.46. The Morgan fingerprint density at radius 1 is 1.50 bits per heavy atom. The molecule has 2 N–H and O–H groups in total. The molecule has 1 aromatic heterocycles. The van der Waals surface area contributed by atoms with Crippen molar-refractivity contribution in [3.05, 3.63) is 17.3 Å². The van der Waals surface area contributed by atoms with Crippen molar-refractivity contribution in [2.24, 2.45) is 5.14 Å². The largest absolute Gasteiger partial charge is 0.474 e. The first-order valence-corrected chi connectivity index (χ1v) is 9.03. The third kappa shape index (κ3) is 3.88. The Balaban J connectivity index is 1.59. The van der Waals surface area contributed by atoms with E-state index in [0.717, 1.165) is 19.3 Å². The molecule has 0 bridgehead atoms. The number of aromatic nitrogens is 1. The predicted octanol–water partition coefficient (Wildman–Crippen LogP) is 0.624. The summed E-state index contributed by atoms with van der Waals surface area (Å²) in [4.78, 5) is 6.19. The van der Waals surface area contributed by atoms with Gasteiger partial charge in [0.1, 0.15) is 22.6 Å². The zero-order valence-corrected chi connectivity index (χ0v) is 13.5. The first-order chi connectivity index (χ1) is 10.4. The first-order valence-electron chi connectivity index (χ1n) is 7.10. The fourth-order valence-corrected chi connectivity index (χ4v) is 3.22. The molecule has 0 radical (unpaired) electrons. The second kappa shape index (κ2) is 6.29. The van der Waals surface area contributed by atoms with Crippen LogP contribution in [0.2, 0.25) is 5.02 Å². The van der Waals surface area contributed by atoms with E-state index in [1.807, 2.05) is 0 Å². The molecule has 0 aromatic carbocycles. The Morgan fingerprint density at radius 2 is 2.27 bits per heavy atom. The molecule has 9 heteroatoms. The molecule has 1 saturated carbocycles. The molecule has 1 aromatic rings. The number of sulfonamides is 1. The molecule has 22 heavy (non-hydrogen) atoms. The van der Waals surface area contributed by atoms with Crippen molar-refractivity contribution in [1.29, 1.82) is 0 Å². The minimum absolute atomic E-state index is 0.0369. The van der Waals surface area contributed by atoms with Crippen molar-refractivity contribution in [2.75, 3.05) is 26.3 Å². The van der Waals surface area contributed by atoms with Gasteiger partial charge >= 0.3 is 0 Å². The van der Waals surface area contributed by atoms with Crippen LogP contribution < -0.4 is 9.88 Å². The fraction of sp³-hybridized carbons (Fsp3) is 0.615. The normalized spacial score (nSPS) is 23.5. The van der Waals surface area contributed by atoms with Gasteiger partial charge in [0, 0.05) is 19.1 Å². The van der Waals surface area contributed by atoms with Gasteiger partial charge < -0.3 is 9.47 Å². The van der Waals surface area contributed by atoms with Crippen molar-refractivity contribution in [2.45, 2.75) is 29.9 Å². The highest BCUT2D eigenvalue weighted by Crippen LogP contribution is 2.29. The number of halogens is 1. The van der Waals surface area contributed by atoms with Gasteiger partial charge in [0.05, 0.1) is 12.8 Å². The minimum atomic E-state index is -3.82. The number of nitrogens with two attached hydrogens (primary N) is 1. The maximum atomic E-state index is 11.2. The third-order valence-electron chi connectivity index (χ3n) is 3.75. The SMILES string of the molecule is NS(=O)(=O)c1cnc(OC[C@@H]2CN(C3CC3)CCO2)c(Cl)c1. The lowest BCUT2D eigenvalue weighted by Gasteiger charge is -2.32. The molecule has 1 aliphatic heterocycles. The molecule has 2 aliphatic rings. The number of pyridine rings is 1. The van der Waals surface area contributed by atoms with Gasteiger partial charge in [-0.05, 0) is 18.9 Å². The lowest BCUT2D eigenvalue weighted by atomic mass is 10.3. The Labute approximate surface area is 134 Å². The molecule has 3 rings (SSSR count). The highest BCUT2D eigenvalue weighted by molar-refractivity contribution is 7.89. The summed E-state index contributed by atoms with van der Waals surface area (Å²) in [6, 6.07) is 1.93. The quantitative estimate of drug-likeness (QED) is 0.839. The van der Waals surface area contributed by atoms with Crippen LogP contribution in [-0.4, -0.2) is 56.8 Å². The monoisotopic (exact) mass is 347 g/mol. The number of hydrogen-bond acceptors (Lipinski definition) is 6. The second-order valence-electron chi connectivity index (χ2n) is 5.53. The standard InChI is InChI=1S/C13H18ClN3O4S/c14-12-5-11(22(15,18)19)6-16-13(12)21-8-10-7-17(3-4-20-10)9-1-2-9/h5-6,9-10H,1-4,7-8H2,(H2,15,18,19)/t10-/m0/s1. The highest BCUT2D eigenvalue weighted by atomic mass is 35.5. The number of ether oxygens (including phenoxy) is 2. The molecule has 7 nitrogen and oxygen atoms in total. The van der Waals surface area contributed by atoms with Crippen LogP contribution in [0.5, 0.6) is 5.88 Å². The Morgan fingerprint density at radius 3 is 2.91 bits per heavy atom. The van der Waals surface area contributed by atoms with Crippen LogP contribution in [0.25, 0.3) is 0 Å². The van der Waals surface area contributed by atoms with E-state index in [1.165, 1.54) is 18.9 Å². The smallest absolute Gasteiger partial charge is 0.239 e. The summed E-state index contributed by atoms with van der Waals surface area (Å²) in [5.41, 5.74) is 0. The lowest BCUT2D eigenvalue weighted by molar-refractivity contribution is -0.0510. The molecule has 122 valence electrons. The summed E-state index contributed by atoms with van der Waals surface area (Å²) in [6.07, 6.45) is 3.62. The predicted molar refractivity (Wildman–Crippen MR) is 80.5 cm³/mol. The van der Waals surface area contributed by atoms with E-state index in [1.54, 1.807) is 0 Å². The van der Waals surface area contributed by atoms with Gasteiger partial charge in [-0.25, -0.2) is 18.5 Å². The topological polar surface area (TPSA) is 94.8 Å². The molecule has 0 spiro atoms. The molecule has 0 unspecified atom stereocenters. The molecular weight excluding hydrogens is 330 g/mol. The molecule has 0 amide bonds. The molecule has 2 fully saturated rings. The molecule has 2 heterocycles. The van der Waals surface area contributed by atoms with E-state index >= 15 is 0 Å². The molecular formula is C13H18ClN3O4S. The van der Waals surface area contributed by atoms with Gasteiger partial charge in [-0.2, -0.15) is 0 Å². The van der Waals surface area contributed by atoms with Crippen molar-refractivity contribution in [1.82, 2.24) is 9.88 Å². The molecule has 1 saturated heterocycles. The van der Waals surface area contributed by atoms with Crippen molar-refractivity contribution in [3.63, 3.8) is 0 Å². The van der Waals surface area contributed by atoms with Gasteiger partial charge in [0.2, 0.25) is 15.9 Å². The van der Waals surface area contributed by atoms with Crippen molar-refractivity contribution in [3.8, 4) is 5.88 Å². The maximum absolute atomic E-state index is 11.2. The van der Waals surface area contributed by atoms with Gasteiger partial charge in [-0.15, -0.1) is 0 Å². The second-order valence-corrected chi connectivity index (χ2v) is 7.50. The van der Waals surface area contributed by atoms with Gasteiger partial charge in [0.15, 0.2) is 0 Å². The minimum Gasteiger partial charge on any atom is -0.474 e. The first kappa shape index (κ1) is 15.9. The van der Waals surface area contributed by atoms with E-state index in [4.69, 9.17) is 26.2 Å². The Bertz CT molecular complexity index is 651. The van der Waals surface area contributed by atoms with Crippen LogP contribution >= 0.6 is 11.6 Å². The Hall–Kier alpha value is -0.930. The average Bonchev–Trinajstić information content (AvgIpc) is 3.30. The lowest BCUT2D eigenvalue weighted by Crippen LogP contribution is -2.45. The van der Waals surface area contributed by atoms with Gasteiger partial charge in [-0.1, -0.05) is 11.6 Å². The number of morpholine rings is 1. The summed E-state index contributed by atoms with van der Waals surface area (Å²) in [6.45, 7) is 2.81. The number of hydrogen-bond donors (Lipinski definition) is 1. The van der Waals surface area contributed by atoms with Gasteiger partial charge in [0.25, 0.3) is 0 Å². The van der Waals surface area contributed by atoms with E-state index in [-0.39, 0.29) is 21.9 Å². The summed E-state index contributed by atoms with van der Waals surface area (Å²) in [5, 5.41) is 5.14. The maximum Gasteiger partial charge on any atom is 0.239 e. The van der Waals surface area contributed by atoms with E-state index in [0.29, 0.717) is 19.3 Å². The van der Waals surface area contributed by atoms with Crippen molar-refractivity contribution < 1.29 is 17.9 Å². The molecule has 1 aliphatic carbocycles. The number of nitrogens with zero attached hydrogens (tertiary/aromatic N) is 2. The summed E-state index contributed by atoms with van der Waals surface area (Å²) >= 11 is 5.98.